The van der Waals surface area contributed by atoms with E-state index in [1.165, 1.54) is 0 Å². The lowest BCUT2D eigenvalue weighted by Gasteiger charge is -2.39. The molecule has 2 aliphatic rings. The first-order valence-electron chi connectivity index (χ1n) is 8.13. The highest BCUT2D eigenvalue weighted by Gasteiger charge is 2.76. The van der Waals surface area contributed by atoms with Crippen molar-refractivity contribution in [1.82, 2.24) is 10.9 Å². The number of halogens is 2. The van der Waals surface area contributed by atoms with E-state index in [9.17, 15) is 14.4 Å². The standard InChI is InChI=1S/C18H20Br2N2O3/c1-16(2)17(3)8-9-18(16,12(20)13(17)23)15(25)22-21-14(24)10-4-6-11(19)7-5-10/h4-7,12H,8-9H2,1-3H3,(H,21,24)(H,22,25). The van der Waals surface area contributed by atoms with Gasteiger partial charge in [0.25, 0.3) is 5.91 Å². The Kier molecular flexibility index (Phi) is 4.39. The molecule has 2 bridgehead atoms. The van der Waals surface area contributed by atoms with Crippen molar-refractivity contribution < 1.29 is 14.4 Å². The molecule has 0 saturated heterocycles. The number of alkyl halides is 1. The van der Waals surface area contributed by atoms with Crippen molar-refractivity contribution in [3.05, 3.63) is 34.3 Å². The van der Waals surface area contributed by atoms with Crippen molar-refractivity contribution in [2.75, 3.05) is 0 Å². The second-order valence-electron chi connectivity index (χ2n) is 7.57. The lowest BCUT2D eigenvalue weighted by molar-refractivity contribution is -0.136. The number of nitrogens with one attached hydrogen (secondary N) is 2. The second-order valence-corrected chi connectivity index (χ2v) is 9.40. The van der Waals surface area contributed by atoms with Crippen LogP contribution in [-0.4, -0.2) is 22.4 Å². The summed E-state index contributed by atoms with van der Waals surface area (Å²) in [5.74, 6) is -0.649. The van der Waals surface area contributed by atoms with Gasteiger partial charge in [-0.2, -0.15) is 0 Å². The average Bonchev–Trinajstić information content (AvgIpc) is 2.85. The molecule has 3 unspecified atom stereocenters. The van der Waals surface area contributed by atoms with Gasteiger partial charge >= 0.3 is 0 Å². The van der Waals surface area contributed by atoms with Crippen molar-refractivity contribution in [3.8, 4) is 0 Å². The SMILES string of the molecule is CC12CCC(C(=O)NNC(=O)c3ccc(Br)cc3)(C(Br)C1=O)C2(C)C. The Hall–Kier alpha value is -1.21. The smallest absolute Gasteiger partial charge is 0.269 e. The summed E-state index contributed by atoms with van der Waals surface area (Å²) in [6.07, 6.45) is 1.28. The summed E-state index contributed by atoms with van der Waals surface area (Å²) in [5.41, 5.74) is 3.55. The van der Waals surface area contributed by atoms with Crippen LogP contribution < -0.4 is 10.9 Å². The number of benzene rings is 1. The largest absolute Gasteiger partial charge is 0.298 e. The first-order chi connectivity index (χ1) is 11.6. The number of carbonyl (C=O) groups excluding carboxylic acids is 3. The number of hydrogen-bond donors (Lipinski definition) is 2. The van der Waals surface area contributed by atoms with Crippen LogP contribution in [0.3, 0.4) is 0 Å². The molecular weight excluding hydrogens is 452 g/mol. The van der Waals surface area contributed by atoms with Crippen molar-refractivity contribution >= 4 is 49.5 Å². The molecule has 3 atom stereocenters. The molecule has 0 aliphatic heterocycles. The van der Waals surface area contributed by atoms with Crippen LogP contribution in [0.15, 0.2) is 28.7 Å². The summed E-state index contributed by atoms with van der Waals surface area (Å²) in [6.45, 7) is 5.87. The molecule has 2 aliphatic carbocycles. The number of fused-ring (bicyclic) bond motifs is 2. The summed E-state index contributed by atoms with van der Waals surface area (Å²) < 4.78 is 0.866. The number of hydrazine groups is 1. The molecule has 2 N–H and O–H groups in total. The Balaban J connectivity index is 1.78. The minimum absolute atomic E-state index is 0.0677. The normalized spacial score (nSPS) is 32.5. The minimum Gasteiger partial charge on any atom is -0.298 e. The monoisotopic (exact) mass is 470 g/mol. The number of Topliss-reactive ketones (excluding diaryl/α,β-unsaturated/α-hetero) is 1. The van der Waals surface area contributed by atoms with Crippen LogP contribution in [0.1, 0.15) is 44.0 Å². The molecule has 25 heavy (non-hydrogen) atoms. The zero-order valence-electron chi connectivity index (χ0n) is 14.3. The zero-order valence-corrected chi connectivity index (χ0v) is 17.5. The summed E-state index contributed by atoms with van der Waals surface area (Å²) in [5, 5.41) is 0. The maximum Gasteiger partial charge on any atom is 0.269 e. The van der Waals surface area contributed by atoms with Gasteiger partial charge in [0, 0.05) is 15.5 Å². The summed E-state index contributed by atoms with van der Waals surface area (Å²) in [7, 11) is 0. The van der Waals surface area contributed by atoms with Gasteiger partial charge in [0.05, 0.1) is 10.2 Å². The summed E-state index contributed by atoms with van der Waals surface area (Å²) in [6, 6.07) is 6.83. The molecule has 0 radical (unpaired) electrons. The fourth-order valence-corrected chi connectivity index (χ4v) is 6.13. The third-order valence-corrected chi connectivity index (χ3v) is 8.25. The third kappa shape index (κ3) is 2.35. The minimum atomic E-state index is -0.869. The van der Waals surface area contributed by atoms with Gasteiger partial charge < -0.3 is 0 Å². The van der Waals surface area contributed by atoms with Crippen LogP contribution in [0.2, 0.25) is 0 Å². The number of rotatable bonds is 2. The van der Waals surface area contributed by atoms with Crippen LogP contribution in [0.4, 0.5) is 0 Å². The highest BCUT2D eigenvalue weighted by Crippen LogP contribution is 2.72. The molecule has 2 fully saturated rings. The van der Waals surface area contributed by atoms with E-state index in [-0.39, 0.29) is 11.7 Å². The third-order valence-electron chi connectivity index (χ3n) is 6.52. The van der Waals surface area contributed by atoms with E-state index in [1.807, 2.05) is 20.8 Å². The first-order valence-corrected chi connectivity index (χ1v) is 9.83. The van der Waals surface area contributed by atoms with Gasteiger partial charge in [0.1, 0.15) is 0 Å². The number of amides is 2. The number of ketones is 1. The van der Waals surface area contributed by atoms with E-state index in [0.717, 1.165) is 4.47 Å². The summed E-state index contributed by atoms with van der Waals surface area (Å²) >= 11 is 6.77. The van der Waals surface area contributed by atoms with Gasteiger partial charge in [-0.25, -0.2) is 0 Å². The molecule has 7 heteroatoms. The predicted octanol–water partition coefficient (Wildman–Crippen LogP) is 3.37. The molecule has 0 spiro atoms. The molecule has 0 heterocycles. The highest BCUT2D eigenvalue weighted by molar-refractivity contribution is 9.10. The molecular formula is C18H20Br2N2O3. The van der Waals surface area contributed by atoms with Crippen molar-refractivity contribution in [3.63, 3.8) is 0 Å². The van der Waals surface area contributed by atoms with Crippen molar-refractivity contribution in [2.24, 2.45) is 16.2 Å². The van der Waals surface area contributed by atoms with Gasteiger partial charge in [-0.15, -0.1) is 0 Å². The maximum atomic E-state index is 13.0. The van der Waals surface area contributed by atoms with Crippen molar-refractivity contribution in [2.45, 2.75) is 38.4 Å². The lowest BCUT2D eigenvalue weighted by Crippen LogP contribution is -2.55. The molecule has 5 nitrogen and oxygen atoms in total. The second kappa shape index (κ2) is 5.91. The molecule has 134 valence electrons. The van der Waals surface area contributed by atoms with E-state index in [2.05, 4.69) is 42.7 Å². The Labute approximate surface area is 163 Å². The van der Waals surface area contributed by atoms with Gasteiger partial charge in [0.15, 0.2) is 5.78 Å². The van der Waals surface area contributed by atoms with E-state index in [4.69, 9.17) is 0 Å². The Morgan fingerprint density at radius 2 is 1.68 bits per heavy atom. The quantitative estimate of drug-likeness (QED) is 0.512. The van der Waals surface area contributed by atoms with Gasteiger partial charge in [-0.05, 0) is 42.5 Å². The number of carbonyl (C=O) groups is 3. The zero-order chi connectivity index (χ0) is 18.6. The van der Waals surface area contributed by atoms with Gasteiger partial charge in [-0.1, -0.05) is 52.6 Å². The van der Waals surface area contributed by atoms with E-state index < -0.39 is 27.0 Å². The first kappa shape index (κ1) is 18.6. The molecule has 0 aromatic heterocycles. The molecule has 1 aromatic carbocycles. The average molecular weight is 472 g/mol. The van der Waals surface area contributed by atoms with Crippen LogP contribution in [0, 0.1) is 16.2 Å². The topological polar surface area (TPSA) is 75.3 Å². The fourth-order valence-electron chi connectivity index (χ4n) is 4.35. The van der Waals surface area contributed by atoms with E-state index in [1.54, 1.807) is 24.3 Å². The van der Waals surface area contributed by atoms with Gasteiger partial charge in [0.2, 0.25) is 5.91 Å². The number of hydrogen-bond acceptors (Lipinski definition) is 3. The van der Waals surface area contributed by atoms with Crippen LogP contribution in [0.5, 0.6) is 0 Å². The Morgan fingerprint density at radius 3 is 2.20 bits per heavy atom. The van der Waals surface area contributed by atoms with Crippen molar-refractivity contribution in [1.29, 1.82) is 0 Å². The molecule has 1 aromatic rings. The molecule has 3 rings (SSSR count). The van der Waals surface area contributed by atoms with Gasteiger partial charge in [-0.3, -0.25) is 25.2 Å². The van der Waals surface area contributed by atoms with E-state index >= 15 is 0 Å². The molecule has 2 saturated carbocycles. The summed E-state index contributed by atoms with van der Waals surface area (Å²) in [4.78, 5) is 37.4. The Morgan fingerprint density at radius 1 is 1.08 bits per heavy atom. The van der Waals surface area contributed by atoms with E-state index in [0.29, 0.717) is 18.4 Å². The lowest BCUT2D eigenvalue weighted by atomic mass is 9.64. The Bertz CT molecular complexity index is 762. The predicted molar refractivity (Wildman–Crippen MR) is 101 cm³/mol. The highest BCUT2D eigenvalue weighted by atomic mass is 79.9. The fraction of sp³-hybridized carbons (Fsp3) is 0.500. The van der Waals surface area contributed by atoms with Crippen LogP contribution in [0.25, 0.3) is 0 Å². The molecule has 2 amide bonds. The maximum absolute atomic E-state index is 13.0. The van der Waals surface area contributed by atoms with Crippen LogP contribution in [-0.2, 0) is 9.59 Å². The van der Waals surface area contributed by atoms with Crippen LogP contribution >= 0.6 is 31.9 Å².